The Bertz CT molecular complexity index is 599. The Morgan fingerprint density at radius 1 is 1.45 bits per heavy atom. The first-order chi connectivity index (χ1) is 9.34. The molecule has 1 aromatic heterocycles. The highest BCUT2D eigenvalue weighted by Gasteiger charge is 2.57. The Morgan fingerprint density at radius 3 is 2.55 bits per heavy atom. The predicted molar refractivity (Wildman–Crippen MR) is 70.8 cm³/mol. The molecule has 8 nitrogen and oxygen atoms in total. The lowest BCUT2D eigenvalue weighted by Crippen LogP contribution is -2.58. The van der Waals surface area contributed by atoms with Gasteiger partial charge in [-0.2, -0.15) is 0 Å². The Balaban J connectivity index is 2.62. The van der Waals surface area contributed by atoms with Crippen LogP contribution in [-0.2, 0) is 10.1 Å². The minimum absolute atomic E-state index is 0.479. The number of aromatic nitrogens is 2. The maximum absolute atomic E-state index is 12.0. The first-order valence-corrected chi connectivity index (χ1v) is 8.62. The number of rotatable bonds is 3. The van der Waals surface area contributed by atoms with Crippen molar-refractivity contribution in [3.8, 4) is 0 Å². The number of H-pyrrole nitrogens is 1. The maximum atomic E-state index is 12.0. The van der Waals surface area contributed by atoms with E-state index >= 15 is 0 Å². The van der Waals surface area contributed by atoms with Crippen LogP contribution in [0.25, 0.3) is 0 Å². The molecule has 0 bridgehead atoms. The summed E-state index contributed by atoms with van der Waals surface area (Å²) in [5.41, 5.74) is -1.29. The van der Waals surface area contributed by atoms with Crippen LogP contribution in [0.5, 0.6) is 0 Å². The normalized spacial score (nSPS) is 33.8. The van der Waals surface area contributed by atoms with Gasteiger partial charge in [0.1, 0.15) is 27.1 Å². The number of hydrogen-bond donors (Lipinski definition) is 4. The molecular weight excluding hydrogens is 284 g/mol. The molecule has 4 N–H and O–H groups in total. The zero-order valence-electron chi connectivity index (χ0n) is 11.1. The molecule has 1 saturated heterocycles. The molecule has 1 aliphatic heterocycles. The molecule has 1 aliphatic rings. The molecule has 0 spiro atoms. The molecule has 1 radical (unpaired) electrons. The summed E-state index contributed by atoms with van der Waals surface area (Å²) in [6.07, 6.45) is -2.43. The largest absolute Gasteiger partial charge is 0.394 e. The summed E-state index contributed by atoms with van der Waals surface area (Å²) in [7, 11) is -1.48. The van der Waals surface area contributed by atoms with Crippen LogP contribution in [0, 0.1) is 0 Å². The van der Waals surface area contributed by atoms with Crippen LogP contribution in [0.1, 0.15) is 0 Å². The minimum Gasteiger partial charge on any atom is -0.394 e. The van der Waals surface area contributed by atoms with E-state index in [2.05, 4.69) is 4.98 Å². The average Bonchev–Trinajstić information content (AvgIpc) is 2.64. The van der Waals surface area contributed by atoms with E-state index in [1.807, 2.05) is 0 Å². The number of aliphatic hydroxyl groups is 3. The molecule has 0 saturated carbocycles. The second-order valence-corrected chi connectivity index (χ2v) is 7.67. The van der Waals surface area contributed by atoms with E-state index in [4.69, 9.17) is 4.74 Å². The Morgan fingerprint density at radius 2 is 2.10 bits per heavy atom. The van der Waals surface area contributed by atoms with Crippen LogP contribution in [-0.4, -0.2) is 58.6 Å². The first-order valence-electron chi connectivity index (χ1n) is 6.12. The van der Waals surface area contributed by atoms with Crippen LogP contribution < -0.4 is 11.2 Å². The highest BCUT2D eigenvalue weighted by molar-refractivity contribution is 6.58. The van der Waals surface area contributed by atoms with Crippen molar-refractivity contribution in [1.82, 2.24) is 9.55 Å². The van der Waals surface area contributed by atoms with Gasteiger partial charge in [0.15, 0.2) is 5.35 Å². The van der Waals surface area contributed by atoms with Crippen molar-refractivity contribution < 1.29 is 20.1 Å². The third-order valence-corrected chi connectivity index (χ3v) is 5.60. The van der Waals surface area contributed by atoms with Crippen molar-refractivity contribution in [1.29, 1.82) is 0 Å². The van der Waals surface area contributed by atoms with Gasteiger partial charge in [0, 0.05) is 12.3 Å². The fourth-order valence-corrected chi connectivity index (χ4v) is 4.29. The third-order valence-electron chi connectivity index (χ3n) is 3.51. The lowest BCUT2D eigenvalue weighted by molar-refractivity contribution is -0.0939. The van der Waals surface area contributed by atoms with Gasteiger partial charge in [0.25, 0.3) is 5.56 Å². The van der Waals surface area contributed by atoms with Gasteiger partial charge in [-0.25, -0.2) is 4.79 Å². The highest BCUT2D eigenvalue weighted by atomic mass is 28.3. The molecule has 0 aromatic carbocycles. The van der Waals surface area contributed by atoms with Crippen molar-refractivity contribution in [3.63, 3.8) is 0 Å². The summed E-state index contributed by atoms with van der Waals surface area (Å²) in [5.74, 6) is 0. The summed E-state index contributed by atoms with van der Waals surface area (Å²) in [5, 5.41) is 28.0. The molecule has 0 amide bonds. The molecule has 1 aromatic rings. The topological polar surface area (TPSA) is 125 Å². The monoisotopic (exact) mass is 301 g/mol. The van der Waals surface area contributed by atoms with Crippen molar-refractivity contribution in [3.05, 3.63) is 33.1 Å². The molecule has 1 fully saturated rings. The highest BCUT2D eigenvalue weighted by Crippen LogP contribution is 2.36. The van der Waals surface area contributed by atoms with Gasteiger partial charge >= 0.3 is 5.69 Å². The molecule has 111 valence electrons. The van der Waals surface area contributed by atoms with E-state index in [0.29, 0.717) is 0 Å². The summed E-state index contributed by atoms with van der Waals surface area (Å²) in [4.78, 5) is 25.2. The standard InChI is InChI=1S/C11H17N2O6Si/c1-20(2)11(9(17)8(16)6(5-14)19-11)13-4-3-7(15)12-10(13)18/h3-4,6,8-9,14,16-17H,5H2,1-2H3,(H,12,15,18)/t6-,8-,9-,11+/m1/s1. The van der Waals surface area contributed by atoms with Gasteiger partial charge in [0.05, 0.1) is 6.61 Å². The molecule has 2 rings (SSSR count). The third kappa shape index (κ3) is 2.07. The van der Waals surface area contributed by atoms with Crippen LogP contribution in [0.4, 0.5) is 0 Å². The number of aromatic amines is 1. The van der Waals surface area contributed by atoms with Gasteiger partial charge in [0.2, 0.25) is 0 Å². The summed E-state index contributed by atoms with van der Waals surface area (Å²) >= 11 is 0. The number of nitrogens with zero attached hydrogens (tertiary/aromatic N) is 1. The van der Waals surface area contributed by atoms with Crippen LogP contribution in [0.15, 0.2) is 21.9 Å². The second-order valence-electron chi connectivity index (χ2n) is 4.95. The molecule has 20 heavy (non-hydrogen) atoms. The maximum Gasteiger partial charge on any atom is 0.330 e. The van der Waals surface area contributed by atoms with Crippen LogP contribution in [0.3, 0.4) is 0 Å². The number of aliphatic hydroxyl groups excluding tert-OH is 3. The van der Waals surface area contributed by atoms with E-state index in [-0.39, 0.29) is 0 Å². The van der Waals surface area contributed by atoms with Crippen LogP contribution in [0.2, 0.25) is 13.1 Å². The summed E-state index contributed by atoms with van der Waals surface area (Å²) in [6.45, 7) is 3.13. The van der Waals surface area contributed by atoms with Crippen LogP contribution >= 0.6 is 0 Å². The zero-order chi connectivity index (χ0) is 15.1. The van der Waals surface area contributed by atoms with E-state index < -0.39 is 50.3 Å². The summed E-state index contributed by atoms with van der Waals surface area (Å²) < 4.78 is 6.72. The van der Waals surface area contributed by atoms with E-state index in [1.165, 1.54) is 6.20 Å². The lowest BCUT2D eigenvalue weighted by atomic mass is 10.1. The zero-order valence-corrected chi connectivity index (χ0v) is 12.1. The Labute approximate surface area is 115 Å². The second kappa shape index (κ2) is 5.26. The quantitative estimate of drug-likeness (QED) is 0.461. The number of nitrogens with one attached hydrogen (secondary N) is 1. The minimum atomic E-state index is -1.48. The van der Waals surface area contributed by atoms with Gasteiger partial charge in [-0.05, 0) is 0 Å². The van der Waals surface area contributed by atoms with Crippen molar-refractivity contribution in [2.24, 2.45) is 0 Å². The molecule has 0 unspecified atom stereocenters. The average molecular weight is 301 g/mol. The van der Waals surface area contributed by atoms with Crippen molar-refractivity contribution in [2.75, 3.05) is 6.61 Å². The Kier molecular flexibility index (Phi) is 3.98. The van der Waals surface area contributed by atoms with Gasteiger partial charge in [-0.1, -0.05) is 13.1 Å². The van der Waals surface area contributed by atoms with Crippen molar-refractivity contribution >= 4 is 8.80 Å². The molecular formula is C11H17N2O6Si. The number of hydrogen-bond acceptors (Lipinski definition) is 6. The fraction of sp³-hybridized carbons (Fsp3) is 0.636. The predicted octanol–water partition coefficient (Wildman–Crippen LogP) is -2.40. The van der Waals surface area contributed by atoms with Gasteiger partial charge < -0.3 is 20.1 Å². The smallest absolute Gasteiger partial charge is 0.330 e. The van der Waals surface area contributed by atoms with Gasteiger partial charge in [-0.15, -0.1) is 0 Å². The van der Waals surface area contributed by atoms with E-state index in [1.54, 1.807) is 13.1 Å². The molecule has 4 atom stereocenters. The SMILES string of the molecule is C[Si](C)[C@@]1(n2ccc(=O)[nH]c2=O)O[C@H](CO)[C@@H](O)[C@H]1O. The first kappa shape index (κ1) is 15.1. The lowest BCUT2D eigenvalue weighted by Gasteiger charge is -2.36. The molecule has 9 heteroatoms. The Hall–Kier alpha value is -1.26. The number of ether oxygens (including phenoxy) is 1. The molecule has 0 aliphatic carbocycles. The summed E-state index contributed by atoms with van der Waals surface area (Å²) in [6, 6.07) is 1.14. The fourth-order valence-electron chi connectivity index (χ4n) is 2.48. The van der Waals surface area contributed by atoms with Crippen molar-refractivity contribution in [2.45, 2.75) is 36.8 Å². The van der Waals surface area contributed by atoms with Gasteiger partial charge in [-0.3, -0.25) is 14.3 Å². The van der Waals surface area contributed by atoms with E-state index in [9.17, 15) is 24.9 Å². The van der Waals surface area contributed by atoms with E-state index in [0.717, 1.165) is 10.6 Å². The molecule has 2 heterocycles.